The summed E-state index contributed by atoms with van der Waals surface area (Å²) in [4.78, 5) is 93.1. The highest BCUT2D eigenvalue weighted by Gasteiger charge is 2.75. The summed E-state index contributed by atoms with van der Waals surface area (Å²) >= 11 is 0. The molecule has 0 saturated heterocycles. The molecule has 0 aliphatic rings. The molecular weight excluding hydrogens is 1380 g/mol. The molecule has 0 spiro atoms. The van der Waals surface area contributed by atoms with Gasteiger partial charge in [-0.05, 0) is 116 Å². The van der Waals surface area contributed by atoms with Gasteiger partial charge in [0.15, 0.2) is 0 Å². The Balaban J connectivity index is 9.92. The van der Waals surface area contributed by atoms with E-state index in [0.717, 1.165) is 308 Å². The lowest BCUT2D eigenvalue weighted by molar-refractivity contribution is -0.138. The highest BCUT2D eigenvalue weighted by molar-refractivity contribution is 6.81. The van der Waals surface area contributed by atoms with Crippen molar-refractivity contribution in [2.45, 2.75) is 488 Å². The zero-order valence-electron chi connectivity index (χ0n) is 70.6. The van der Waals surface area contributed by atoms with Gasteiger partial charge in [0, 0.05) is 57.5 Å². The lowest BCUT2D eigenvalue weighted by Crippen LogP contribution is -2.72. The third-order valence-corrected chi connectivity index (χ3v) is 33.4. The van der Waals surface area contributed by atoms with Gasteiger partial charge >= 0.3 is 47.8 Å². The number of rotatable bonds is 83. The van der Waals surface area contributed by atoms with Gasteiger partial charge < -0.3 is 45.3 Å². The molecule has 634 valence electrons. The summed E-state index contributed by atoms with van der Waals surface area (Å²) in [5, 5.41) is 75.9. The van der Waals surface area contributed by atoms with E-state index in [1.54, 1.807) is 0 Å². The molecule has 8 unspecified atom stereocenters. The number of aliphatic carboxylic acids is 8. The molecule has 17 nitrogen and oxygen atoms in total. The predicted molar refractivity (Wildman–Crippen MR) is 443 cm³/mol. The van der Waals surface area contributed by atoms with E-state index >= 15 is 0 Å². The Morgan fingerprint density at radius 1 is 0.204 bits per heavy atom. The molecule has 0 fully saturated rings. The van der Waals surface area contributed by atoms with Crippen LogP contribution in [0.15, 0.2) is 0 Å². The van der Waals surface area contributed by atoms with Crippen molar-refractivity contribution in [1.29, 1.82) is 0 Å². The fourth-order valence-electron chi connectivity index (χ4n) is 20.1. The van der Waals surface area contributed by atoms with Crippen LogP contribution in [-0.4, -0.2) is 103 Å². The summed E-state index contributed by atoms with van der Waals surface area (Å²) in [6.45, 7) is 21.2. The second kappa shape index (κ2) is 66.4. The van der Waals surface area contributed by atoms with Crippen LogP contribution in [0.1, 0.15) is 466 Å². The van der Waals surface area contributed by atoms with Gasteiger partial charge in [0.25, 0.3) is 0 Å². The van der Waals surface area contributed by atoms with Crippen LogP contribution in [-0.2, 0) is 42.8 Å². The largest absolute Gasteiger partial charge is 0.481 e. The van der Waals surface area contributed by atoms with Gasteiger partial charge in [-0.15, -0.1) is 0 Å². The summed E-state index contributed by atoms with van der Waals surface area (Å²) in [5.74, 6) is -4.61. The first-order valence-electron chi connectivity index (χ1n) is 45.1. The molecule has 0 aliphatic carbocycles. The van der Waals surface area contributed by atoms with Crippen molar-refractivity contribution in [3.8, 4) is 0 Å². The van der Waals surface area contributed by atoms with E-state index in [1.165, 1.54) is 0 Å². The molecule has 0 radical (unpaired) electrons. The molecule has 0 amide bonds. The lowest BCUT2D eigenvalue weighted by atomic mass is 9.67. The monoisotopic (exact) mass is 1550 g/mol. The van der Waals surface area contributed by atoms with Gasteiger partial charge in [-0.1, -0.05) is 350 Å². The van der Waals surface area contributed by atoms with Gasteiger partial charge in [-0.3, -0.25) is 38.4 Å². The van der Waals surface area contributed by atoms with Crippen molar-refractivity contribution in [3.05, 3.63) is 0 Å². The molecule has 0 heterocycles. The third-order valence-electron chi connectivity index (χ3n) is 25.5. The topological polar surface area (TPSA) is 308 Å². The fraction of sp³-hybridized carbons (Fsp3) is 0.911. The van der Waals surface area contributed by atoms with Crippen molar-refractivity contribution in [2.75, 3.05) is 0 Å². The number of carbonyl (C=O) groups is 8. The first-order valence-corrected chi connectivity index (χ1v) is 47.1. The van der Waals surface area contributed by atoms with E-state index in [1.807, 2.05) is 0 Å². The molecule has 0 aromatic carbocycles. The normalized spacial score (nSPS) is 15.7. The Bertz CT molecular complexity index is 2000. The highest BCUT2D eigenvalue weighted by Crippen LogP contribution is 2.77. The summed E-state index contributed by atoms with van der Waals surface area (Å²) in [6.07, 6.45) is 55.1. The smallest absolute Gasteiger partial charge is 0.303 e. The Labute approximate surface area is 659 Å². The Morgan fingerprint density at radius 2 is 0.333 bits per heavy atom. The molecule has 18 heteroatoms. The Kier molecular flexibility index (Phi) is 63.9. The first kappa shape index (κ1) is 104. The van der Waals surface area contributed by atoms with Crippen LogP contribution in [0.5, 0.6) is 0 Å². The summed E-state index contributed by atoms with van der Waals surface area (Å²) < 4.78 is 9.44. The van der Waals surface area contributed by atoms with Gasteiger partial charge in [0.1, 0.15) is 0 Å². The highest BCUT2D eigenvalue weighted by atomic mass is 28.4. The second-order valence-corrected chi connectivity index (χ2v) is 38.7. The van der Waals surface area contributed by atoms with E-state index in [9.17, 15) is 83.6 Å². The molecule has 0 aromatic heterocycles. The van der Waals surface area contributed by atoms with E-state index in [2.05, 4.69) is 55.4 Å². The average molecular weight is 1550 g/mol. The van der Waals surface area contributed by atoms with Crippen LogP contribution in [0, 0.1) is 35.5 Å². The molecule has 108 heavy (non-hydrogen) atoms. The van der Waals surface area contributed by atoms with Gasteiger partial charge in [0.05, 0.1) is 0 Å². The Hall–Kier alpha value is -4.06. The van der Waals surface area contributed by atoms with Crippen molar-refractivity contribution >= 4 is 56.1 Å². The summed E-state index contributed by atoms with van der Waals surface area (Å²) in [5.41, 5.74) is 0.191. The molecule has 8 atom stereocenters. The summed E-state index contributed by atoms with van der Waals surface area (Å²) in [6, 6.07) is 0. The molecule has 8 N–H and O–H groups in total. The minimum atomic E-state index is -3.63. The van der Waals surface area contributed by atoms with Crippen molar-refractivity contribution < 1.29 is 83.6 Å². The lowest BCUT2D eigenvalue weighted by Gasteiger charge is -2.71. The van der Waals surface area contributed by atoms with Crippen molar-refractivity contribution in [2.24, 2.45) is 35.5 Å². The molecule has 0 aromatic rings. The predicted octanol–water partition coefficient (Wildman–Crippen LogP) is 26.7. The van der Waals surface area contributed by atoms with Crippen LogP contribution in [0.4, 0.5) is 0 Å². The minimum absolute atomic E-state index is 0.0814. The van der Waals surface area contributed by atoms with Gasteiger partial charge in [-0.2, -0.15) is 0 Å². The average Bonchev–Trinajstić information content (AvgIpc) is 0.675. The van der Waals surface area contributed by atoms with Gasteiger partial charge in [-0.25, -0.2) is 0 Å². The number of carboxylic acid groups (broad SMARTS) is 8. The van der Waals surface area contributed by atoms with Crippen LogP contribution >= 0.6 is 0 Å². The van der Waals surface area contributed by atoms with E-state index in [4.69, 9.17) is 0 Å². The van der Waals surface area contributed by atoms with Crippen LogP contribution in [0.3, 0.4) is 0 Å². The third kappa shape index (κ3) is 46.8. The minimum Gasteiger partial charge on any atom is -0.481 e. The van der Waals surface area contributed by atoms with Crippen LogP contribution in [0.25, 0.3) is 0 Å². The number of carboxylic acids is 8. The molecule has 0 rings (SSSR count). The molecule has 0 saturated carbocycles. The number of hydrogen-bond donors (Lipinski definition) is 8. The van der Waals surface area contributed by atoms with Crippen molar-refractivity contribution in [3.63, 3.8) is 0 Å². The fourth-order valence-corrected chi connectivity index (χ4v) is 29.8. The maximum atomic E-state index is 11.7. The zero-order valence-corrected chi connectivity index (χ0v) is 71.6. The quantitative estimate of drug-likeness (QED) is 0.0207. The molecule has 0 aliphatic heterocycles. The maximum Gasteiger partial charge on any atom is 0.303 e. The van der Waals surface area contributed by atoms with Crippen LogP contribution in [0.2, 0.25) is 15.6 Å². The summed E-state index contributed by atoms with van der Waals surface area (Å²) in [7, 11) is -3.63. The second-order valence-electron chi connectivity index (χ2n) is 34.3. The van der Waals surface area contributed by atoms with Gasteiger partial charge in [0.2, 0.25) is 8.32 Å². The first-order chi connectivity index (χ1) is 51.7. The number of hydrogen-bond acceptors (Lipinski definition) is 9. The standard InChI is InChI=1S/C90H168O17Si/c1-73(57-41-25-9-17-33-49-65-81(91)92)89(74(2)58-42-26-10-18-34-50-66-82(93)94,75(3)59-43-27-11-19-35-51-67-83(95)96)108(80(8)64-48-32-16-24-40-56-72-88(105)106,107-79(7)63-47-31-15-23-39-55-71-87(103)104)90(76(4)60-44-28-12-20-36-52-68-84(97)98,77(5)61-45-29-13-21-37-53-69-85(99)100)78(6)62-46-30-14-22-38-54-70-86(101)102/h73-80H,9-72H2,1-8H3,(H,91,92)(H,93,94)(H,95,96)(H,97,98)(H,99,100)(H,101,102)(H,103,104)(H,105,106). The van der Waals surface area contributed by atoms with Crippen molar-refractivity contribution in [1.82, 2.24) is 0 Å². The van der Waals surface area contributed by atoms with E-state index in [-0.39, 0.29) is 109 Å². The van der Waals surface area contributed by atoms with Crippen LogP contribution < -0.4 is 0 Å². The molecule has 0 bridgehead atoms. The van der Waals surface area contributed by atoms with E-state index < -0.39 is 56.1 Å². The zero-order chi connectivity index (χ0) is 80.7. The molecular formula is C90H168O17Si. The number of unbranched alkanes of at least 4 members (excludes halogenated alkanes) is 40. The maximum absolute atomic E-state index is 11.7. The SMILES string of the molecule is CC(CCCCCCCCC(=O)O)O[Si](C(C)CCCCCCCCC(=O)O)(C(C(C)CCCCCCCCC(=O)O)(C(C)CCCCCCCCC(=O)O)C(C)CCCCCCCCC(=O)O)C(C(C)CCCCCCCCC(=O)O)(C(C)CCCCCCCCC(=O)O)C(C)CCCCCCCCC(=O)O. The van der Waals surface area contributed by atoms with E-state index in [0.29, 0.717) is 51.4 Å². The Morgan fingerprint density at radius 3 is 0.491 bits per heavy atom.